The van der Waals surface area contributed by atoms with E-state index >= 15 is 0 Å². The molecule has 4 rings (SSSR count). The number of allylic oxidation sites excluding steroid dienone is 3. The molecule has 2 aliphatic rings. The zero-order chi connectivity index (χ0) is 23.0. The van der Waals surface area contributed by atoms with Crippen LogP contribution in [0.2, 0.25) is 0 Å². The number of nitro groups is 1. The van der Waals surface area contributed by atoms with E-state index in [1.54, 1.807) is 12.1 Å². The number of nitrogens with two attached hydrogens (primary N) is 1. The maximum atomic E-state index is 13.4. The van der Waals surface area contributed by atoms with Gasteiger partial charge in [-0.2, -0.15) is 5.26 Å². The molecule has 32 heavy (non-hydrogen) atoms. The van der Waals surface area contributed by atoms with Gasteiger partial charge < -0.3 is 10.6 Å². The summed E-state index contributed by atoms with van der Waals surface area (Å²) in [5.41, 5.74) is 9.29. The summed E-state index contributed by atoms with van der Waals surface area (Å²) in [7, 11) is 0. The molecule has 7 nitrogen and oxygen atoms in total. The second-order valence-electron chi connectivity index (χ2n) is 9.07. The number of benzene rings is 2. The van der Waals surface area contributed by atoms with Crippen molar-refractivity contribution in [2.45, 2.75) is 39.2 Å². The molecule has 0 saturated carbocycles. The average molecular weight is 428 g/mol. The predicted octanol–water partition coefficient (Wildman–Crippen LogP) is 4.53. The highest BCUT2D eigenvalue weighted by Crippen LogP contribution is 2.49. The molecule has 1 unspecified atom stereocenters. The van der Waals surface area contributed by atoms with Crippen molar-refractivity contribution in [1.82, 2.24) is 4.90 Å². The van der Waals surface area contributed by atoms with E-state index in [2.05, 4.69) is 6.07 Å². The van der Waals surface area contributed by atoms with E-state index in [9.17, 15) is 20.2 Å². The normalized spacial score (nSPS) is 20.1. The Labute approximate surface area is 186 Å². The van der Waals surface area contributed by atoms with Gasteiger partial charge in [0, 0.05) is 36.4 Å². The van der Waals surface area contributed by atoms with Crippen molar-refractivity contribution in [1.29, 1.82) is 5.26 Å². The van der Waals surface area contributed by atoms with E-state index in [1.807, 2.05) is 49.1 Å². The van der Waals surface area contributed by atoms with Crippen LogP contribution >= 0.6 is 0 Å². The van der Waals surface area contributed by atoms with Gasteiger partial charge in [-0.15, -0.1) is 0 Å². The van der Waals surface area contributed by atoms with Gasteiger partial charge in [-0.05, 0) is 23.0 Å². The van der Waals surface area contributed by atoms with Crippen LogP contribution in [0.3, 0.4) is 0 Å². The molecule has 162 valence electrons. The van der Waals surface area contributed by atoms with Crippen molar-refractivity contribution in [3.05, 3.63) is 98.5 Å². The van der Waals surface area contributed by atoms with Crippen LogP contribution in [-0.2, 0) is 11.3 Å². The first-order chi connectivity index (χ1) is 15.2. The quantitative estimate of drug-likeness (QED) is 0.565. The number of nitriles is 1. The van der Waals surface area contributed by atoms with Crippen molar-refractivity contribution in [3.63, 3.8) is 0 Å². The smallest absolute Gasteiger partial charge is 0.269 e. The third-order valence-corrected chi connectivity index (χ3v) is 6.08. The van der Waals surface area contributed by atoms with E-state index in [-0.39, 0.29) is 28.3 Å². The van der Waals surface area contributed by atoms with E-state index < -0.39 is 10.8 Å². The van der Waals surface area contributed by atoms with Crippen LogP contribution < -0.4 is 5.73 Å². The summed E-state index contributed by atoms with van der Waals surface area (Å²) in [6.45, 7) is 4.51. The molecule has 0 spiro atoms. The van der Waals surface area contributed by atoms with E-state index in [0.717, 1.165) is 11.3 Å². The summed E-state index contributed by atoms with van der Waals surface area (Å²) >= 11 is 0. The minimum absolute atomic E-state index is 0.0499. The molecule has 0 radical (unpaired) electrons. The lowest BCUT2D eigenvalue weighted by atomic mass is 9.68. The Bertz CT molecular complexity index is 1210. The largest absolute Gasteiger partial charge is 0.384 e. The van der Waals surface area contributed by atoms with Crippen molar-refractivity contribution in [2.75, 3.05) is 0 Å². The van der Waals surface area contributed by atoms with Gasteiger partial charge in [-0.3, -0.25) is 14.9 Å². The number of hydrogen-bond acceptors (Lipinski definition) is 6. The van der Waals surface area contributed by atoms with Crippen LogP contribution in [0, 0.1) is 26.9 Å². The predicted molar refractivity (Wildman–Crippen MR) is 120 cm³/mol. The minimum Gasteiger partial charge on any atom is -0.384 e. The Morgan fingerprint density at radius 1 is 1.19 bits per heavy atom. The Morgan fingerprint density at radius 2 is 1.91 bits per heavy atom. The first kappa shape index (κ1) is 21.3. The highest BCUT2D eigenvalue weighted by Gasteiger charge is 2.44. The molecule has 2 N–H and O–H groups in total. The maximum Gasteiger partial charge on any atom is 0.269 e. The molecule has 1 atom stereocenters. The molecule has 1 aliphatic carbocycles. The van der Waals surface area contributed by atoms with E-state index in [1.165, 1.54) is 12.1 Å². The molecule has 1 aliphatic heterocycles. The third kappa shape index (κ3) is 3.76. The van der Waals surface area contributed by atoms with Gasteiger partial charge >= 0.3 is 0 Å². The lowest BCUT2D eigenvalue weighted by Gasteiger charge is -2.43. The molecule has 2 aromatic rings. The first-order valence-electron chi connectivity index (χ1n) is 10.4. The summed E-state index contributed by atoms with van der Waals surface area (Å²) in [6.07, 6.45) is 0.959. The Kier molecular flexibility index (Phi) is 5.31. The number of nitrogens with zero attached hydrogens (tertiary/aromatic N) is 3. The zero-order valence-corrected chi connectivity index (χ0v) is 18.0. The number of rotatable bonds is 4. The van der Waals surface area contributed by atoms with E-state index in [0.29, 0.717) is 30.5 Å². The fourth-order valence-corrected chi connectivity index (χ4v) is 4.67. The van der Waals surface area contributed by atoms with Gasteiger partial charge in [0.2, 0.25) is 0 Å². The number of Topliss-reactive ketones (excluding diaryl/α,β-unsaturated/α-hetero) is 1. The highest BCUT2D eigenvalue weighted by molar-refractivity contribution is 6.00. The molecule has 0 aromatic heterocycles. The van der Waals surface area contributed by atoms with Crippen LogP contribution in [0.5, 0.6) is 0 Å². The molecule has 0 saturated heterocycles. The van der Waals surface area contributed by atoms with Gasteiger partial charge in [0.15, 0.2) is 5.78 Å². The number of non-ortho nitro benzene ring substituents is 1. The molecular weight excluding hydrogens is 404 g/mol. The van der Waals surface area contributed by atoms with Gasteiger partial charge in [-0.1, -0.05) is 56.3 Å². The average Bonchev–Trinajstić information content (AvgIpc) is 2.75. The lowest BCUT2D eigenvalue weighted by Crippen LogP contribution is -2.41. The van der Waals surface area contributed by atoms with Crippen LogP contribution in [-0.4, -0.2) is 15.6 Å². The zero-order valence-electron chi connectivity index (χ0n) is 18.0. The van der Waals surface area contributed by atoms with Crippen molar-refractivity contribution < 1.29 is 9.72 Å². The third-order valence-electron chi connectivity index (χ3n) is 6.08. The maximum absolute atomic E-state index is 13.4. The Hall–Kier alpha value is -3.92. The minimum atomic E-state index is -0.717. The fraction of sp³-hybridized carbons (Fsp3) is 0.280. The van der Waals surface area contributed by atoms with Gasteiger partial charge in [0.25, 0.3) is 5.69 Å². The number of carbonyl (C=O) groups is 1. The van der Waals surface area contributed by atoms with Crippen LogP contribution in [0.4, 0.5) is 5.69 Å². The Morgan fingerprint density at radius 3 is 2.56 bits per heavy atom. The van der Waals surface area contributed by atoms with Crippen LogP contribution in [0.25, 0.3) is 0 Å². The van der Waals surface area contributed by atoms with Gasteiger partial charge in [-0.25, -0.2) is 0 Å². The van der Waals surface area contributed by atoms with Crippen LogP contribution in [0.15, 0.2) is 77.3 Å². The van der Waals surface area contributed by atoms with Crippen molar-refractivity contribution >= 4 is 11.5 Å². The summed E-state index contributed by atoms with van der Waals surface area (Å²) in [5, 5.41) is 21.4. The second kappa shape index (κ2) is 7.97. The van der Waals surface area contributed by atoms with E-state index in [4.69, 9.17) is 5.73 Å². The summed E-state index contributed by atoms with van der Waals surface area (Å²) in [5.74, 6) is -0.478. The number of hydrogen-bond donors (Lipinski definition) is 1. The molecule has 0 fully saturated rings. The van der Waals surface area contributed by atoms with Gasteiger partial charge in [0.05, 0.1) is 22.5 Å². The molecule has 2 aromatic carbocycles. The second-order valence-corrected chi connectivity index (χ2v) is 9.07. The van der Waals surface area contributed by atoms with Crippen molar-refractivity contribution in [3.8, 4) is 6.07 Å². The number of carbonyl (C=O) groups excluding carboxylic acids is 1. The molecule has 1 heterocycles. The SMILES string of the molecule is CC1(C)CC(=O)C2=C(C1)N(Cc1ccccc1)C(N)=C(C#N)C2c1cccc([N+](=O)[O-])c1. The summed E-state index contributed by atoms with van der Waals surface area (Å²) < 4.78 is 0. The molecule has 7 heteroatoms. The van der Waals surface area contributed by atoms with Gasteiger partial charge in [0.1, 0.15) is 5.82 Å². The summed E-state index contributed by atoms with van der Waals surface area (Å²) in [6, 6.07) is 18.1. The Balaban J connectivity index is 1.92. The molecule has 0 amide bonds. The molecule has 0 bridgehead atoms. The lowest BCUT2D eigenvalue weighted by molar-refractivity contribution is -0.384. The van der Waals surface area contributed by atoms with Crippen molar-refractivity contribution in [2.24, 2.45) is 11.1 Å². The summed E-state index contributed by atoms with van der Waals surface area (Å²) in [4.78, 5) is 26.2. The topological polar surface area (TPSA) is 113 Å². The first-order valence-corrected chi connectivity index (χ1v) is 10.4. The fourth-order valence-electron chi connectivity index (χ4n) is 4.67. The highest BCUT2D eigenvalue weighted by atomic mass is 16.6. The standard InChI is InChI=1S/C25H24N4O3/c1-25(2)12-20-23(21(30)13-25)22(17-9-6-10-18(11-17)29(31)32)19(14-26)24(27)28(20)15-16-7-4-3-5-8-16/h3-11,22H,12-13,15,27H2,1-2H3. The van der Waals surface area contributed by atoms with Crippen LogP contribution in [0.1, 0.15) is 43.7 Å². The number of nitro benzene ring substituents is 1. The molecular formula is C25H24N4O3. The monoisotopic (exact) mass is 428 g/mol. The number of ketones is 1.